The number of carbonyl (C=O) groups excluding carboxylic acids is 2. The predicted molar refractivity (Wildman–Crippen MR) is 91.9 cm³/mol. The summed E-state index contributed by atoms with van der Waals surface area (Å²) in [6.07, 6.45) is 0. The molecule has 0 spiro atoms. The zero-order valence-corrected chi connectivity index (χ0v) is 13.9. The Morgan fingerprint density at radius 2 is 2.00 bits per heavy atom. The molecular weight excluding hydrogens is 334 g/mol. The third-order valence-corrected chi connectivity index (χ3v) is 4.74. The Labute approximate surface area is 143 Å². The maximum atomic E-state index is 12.4. The highest BCUT2D eigenvalue weighted by Crippen LogP contribution is 2.22. The van der Waals surface area contributed by atoms with Gasteiger partial charge in [0, 0.05) is 28.7 Å². The molecule has 1 aliphatic rings. The number of halogens is 1. The summed E-state index contributed by atoms with van der Waals surface area (Å²) in [6, 6.07) is 10.9. The Morgan fingerprint density at radius 1 is 1.22 bits per heavy atom. The van der Waals surface area contributed by atoms with Crippen molar-refractivity contribution in [3.63, 3.8) is 0 Å². The summed E-state index contributed by atoms with van der Waals surface area (Å²) < 4.78 is 0. The summed E-state index contributed by atoms with van der Waals surface area (Å²) in [5.74, 6) is -0.148. The van der Waals surface area contributed by atoms with E-state index < -0.39 is 0 Å². The maximum Gasteiger partial charge on any atom is 0.325 e. The summed E-state index contributed by atoms with van der Waals surface area (Å²) in [5, 5.41) is 5.43. The van der Waals surface area contributed by atoms with E-state index in [0.717, 1.165) is 10.6 Å². The first-order valence-electron chi connectivity index (χ1n) is 7.24. The van der Waals surface area contributed by atoms with Crippen molar-refractivity contribution in [3.05, 3.63) is 51.7 Å². The van der Waals surface area contributed by atoms with E-state index >= 15 is 0 Å². The molecule has 3 rings (SSSR count). The zero-order valence-electron chi connectivity index (χ0n) is 12.4. The summed E-state index contributed by atoms with van der Waals surface area (Å²) in [5.41, 5.74) is 0.792. The second kappa shape index (κ2) is 7.02. The van der Waals surface area contributed by atoms with Crippen molar-refractivity contribution in [2.24, 2.45) is 0 Å². The smallest absolute Gasteiger partial charge is 0.325 e. The second-order valence-corrected chi connectivity index (χ2v) is 6.66. The lowest BCUT2D eigenvalue weighted by atomic mass is 10.3. The van der Waals surface area contributed by atoms with Gasteiger partial charge < -0.3 is 10.2 Å². The Hall–Kier alpha value is -2.05. The van der Waals surface area contributed by atoms with Crippen molar-refractivity contribution < 1.29 is 9.59 Å². The Balaban J connectivity index is 1.54. The summed E-state index contributed by atoms with van der Waals surface area (Å²) in [6.45, 7) is 1.68. The number of hydrogen-bond acceptors (Lipinski definition) is 3. The average molecular weight is 350 g/mol. The van der Waals surface area contributed by atoms with Crippen LogP contribution in [-0.2, 0) is 11.3 Å². The molecule has 3 amide bonds. The third kappa shape index (κ3) is 3.83. The van der Waals surface area contributed by atoms with Gasteiger partial charge in [0.2, 0.25) is 5.91 Å². The molecule has 0 atom stereocenters. The van der Waals surface area contributed by atoms with E-state index in [-0.39, 0.29) is 18.5 Å². The molecule has 2 aromatic rings. The first-order valence-corrected chi connectivity index (χ1v) is 8.50. The fraction of sp³-hybridized carbons (Fsp3) is 0.250. The van der Waals surface area contributed by atoms with E-state index in [9.17, 15) is 9.59 Å². The quantitative estimate of drug-likeness (QED) is 0.902. The van der Waals surface area contributed by atoms with Gasteiger partial charge in [-0.3, -0.25) is 9.69 Å². The molecule has 1 saturated heterocycles. The molecule has 0 unspecified atom stereocenters. The van der Waals surface area contributed by atoms with E-state index in [1.807, 2.05) is 17.5 Å². The van der Waals surface area contributed by atoms with Crippen molar-refractivity contribution in [2.75, 3.05) is 24.5 Å². The van der Waals surface area contributed by atoms with Crippen LogP contribution in [-0.4, -0.2) is 36.5 Å². The number of rotatable bonds is 5. The van der Waals surface area contributed by atoms with Crippen molar-refractivity contribution in [3.8, 4) is 0 Å². The maximum absolute atomic E-state index is 12.4. The topological polar surface area (TPSA) is 52.7 Å². The molecule has 23 heavy (non-hydrogen) atoms. The molecule has 1 aromatic carbocycles. The van der Waals surface area contributed by atoms with Gasteiger partial charge in [-0.15, -0.1) is 11.3 Å². The average Bonchev–Trinajstić information content (AvgIpc) is 3.18. The third-order valence-electron chi connectivity index (χ3n) is 3.61. The number of nitrogens with one attached hydrogen (secondary N) is 1. The van der Waals surface area contributed by atoms with Gasteiger partial charge >= 0.3 is 6.03 Å². The largest absolute Gasteiger partial charge is 0.350 e. The number of thiophene rings is 1. The van der Waals surface area contributed by atoms with E-state index in [4.69, 9.17) is 11.6 Å². The van der Waals surface area contributed by atoms with Crippen LogP contribution in [0.4, 0.5) is 10.5 Å². The summed E-state index contributed by atoms with van der Waals surface area (Å²) in [7, 11) is 0. The van der Waals surface area contributed by atoms with E-state index in [0.29, 0.717) is 24.7 Å². The van der Waals surface area contributed by atoms with Crippen LogP contribution in [0.5, 0.6) is 0 Å². The minimum atomic E-state index is -0.154. The number of amides is 3. The van der Waals surface area contributed by atoms with Gasteiger partial charge in [-0.1, -0.05) is 17.7 Å². The fourth-order valence-corrected chi connectivity index (χ4v) is 3.19. The van der Waals surface area contributed by atoms with E-state index in [2.05, 4.69) is 5.32 Å². The molecule has 0 saturated carbocycles. The van der Waals surface area contributed by atoms with Gasteiger partial charge in [-0.2, -0.15) is 0 Å². The lowest BCUT2D eigenvalue weighted by molar-refractivity contribution is -0.121. The van der Waals surface area contributed by atoms with Gasteiger partial charge in [0.05, 0.1) is 6.54 Å². The van der Waals surface area contributed by atoms with Gasteiger partial charge in [-0.25, -0.2) is 4.79 Å². The number of anilines is 1. The van der Waals surface area contributed by atoms with Crippen LogP contribution in [0.15, 0.2) is 41.8 Å². The SMILES string of the molecule is O=C(CN1CCN(c2ccc(Cl)cc2)C1=O)NCc1cccs1. The van der Waals surface area contributed by atoms with Crippen LogP contribution in [0.1, 0.15) is 4.88 Å². The first kappa shape index (κ1) is 15.8. The predicted octanol–water partition coefficient (Wildman–Crippen LogP) is 2.96. The highest BCUT2D eigenvalue weighted by molar-refractivity contribution is 7.09. The van der Waals surface area contributed by atoms with Crippen LogP contribution in [0, 0.1) is 0 Å². The van der Waals surface area contributed by atoms with Crippen LogP contribution in [0.2, 0.25) is 5.02 Å². The number of urea groups is 1. The molecule has 7 heteroatoms. The fourth-order valence-electron chi connectivity index (χ4n) is 2.42. The molecular formula is C16H16ClN3O2S. The molecule has 0 radical (unpaired) electrons. The monoisotopic (exact) mass is 349 g/mol. The van der Waals surface area contributed by atoms with Gasteiger partial charge in [0.25, 0.3) is 0 Å². The van der Waals surface area contributed by atoms with Crippen LogP contribution in [0.3, 0.4) is 0 Å². The summed E-state index contributed by atoms with van der Waals surface area (Å²) >= 11 is 7.46. The van der Waals surface area contributed by atoms with Crippen molar-refractivity contribution in [1.82, 2.24) is 10.2 Å². The molecule has 120 valence electrons. The molecule has 2 heterocycles. The molecule has 0 bridgehead atoms. The summed E-state index contributed by atoms with van der Waals surface area (Å²) in [4.78, 5) is 28.7. The molecule has 1 fully saturated rings. The number of hydrogen-bond donors (Lipinski definition) is 1. The van der Waals surface area contributed by atoms with Crippen molar-refractivity contribution in [1.29, 1.82) is 0 Å². The molecule has 1 aromatic heterocycles. The van der Waals surface area contributed by atoms with Crippen molar-refractivity contribution in [2.45, 2.75) is 6.54 Å². The van der Waals surface area contributed by atoms with Gasteiger partial charge in [0.1, 0.15) is 6.54 Å². The highest BCUT2D eigenvalue weighted by Gasteiger charge is 2.30. The van der Waals surface area contributed by atoms with Crippen LogP contribution >= 0.6 is 22.9 Å². The molecule has 1 aliphatic heterocycles. The minimum Gasteiger partial charge on any atom is -0.350 e. The standard InChI is InChI=1S/C16H16ClN3O2S/c17-12-3-5-13(6-4-12)20-8-7-19(16(20)22)11-15(21)18-10-14-2-1-9-23-14/h1-6,9H,7-8,10-11H2,(H,18,21). The van der Waals surface area contributed by atoms with Crippen molar-refractivity contribution >= 4 is 40.6 Å². The lowest BCUT2D eigenvalue weighted by Gasteiger charge is -2.18. The normalized spacial score (nSPS) is 14.4. The van der Waals surface area contributed by atoms with Gasteiger partial charge in [0.15, 0.2) is 0 Å². The Kier molecular flexibility index (Phi) is 4.83. The number of benzene rings is 1. The Bertz CT molecular complexity index is 688. The zero-order chi connectivity index (χ0) is 16.2. The number of nitrogens with zero attached hydrogens (tertiary/aromatic N) is 2. The lowest BCUT2D eigenvalue weighted by Crippen LogP contribution is -2.39. The van der Waals surface area contributed by atoms with Crippen LogP contribution < -0.4 is 10.2 Å². The van der Waals surface area contributed by atoms with Gasteiger partial charge in [-0.05, 0) is 35.7 Å². The minimum absolute atomic E-state index is 0.0777. The Morgan fingerprint density at radius 3 is 2.70 bits per heavy atom. The first-order chi connectivity index (χ1) is 11.1. The van der Waals surface area contributed by atoms with E-state index in [1.54, 1.807) is 45.4 Å². The van der Waals surface area contributed by atoms with Crippen LogP contribution in [0.25, 0.3) is 0 Å². The molecule has 1 N–H and O–H groups in total. The molecule has 0 aliphatic carbocycles. The molecule has 5 nitrogen and oxygen atoms in total. The second-order valence-electron chi connectivity index (χ2n) is 5.19. The highest BCUT2D eigenvalue weighted by atomic mass is 35.5. The number of carbonyl (C=O) groups is 2. The van der Waals surface area contributed by atoms with E-state index in [1.165, 1.54) is 0 Å².